The number of methoxy groups -OCH3 is 2. The van der Waals surface area contributed by atoms with Gasteiger partial charge in [-0.05, 0) is 53.6 Å². The van der Waals surface area contributed by atoms with Crippen molar-refractivity contribution < 1.29 is 136 Å². The van der Waals surface area contributed by atoms with Gasteiger partial charge < -0.3 is 67.2 Å². The summed E-state index contributed by atoms with van der Waals surface area (Å²) in [5.41, 5.74) is 1.59. The molecule has 0 amide bonds. The Labute approximate surface area is 319 Å². The van der Waals surface area contributed by atoms with E-state index >= 15 is 0 Å². The molecule has 11 atom stereocenters. The summed E-state index contributed by atoms with van der Waals surface area (Å²) in [6.07, 6.45) is -8.68. The Hall–Kier alpha value is -1.18. The first kappa shape index (κ1) is 38.1. The van der Waals surface area contributed by atoms with Crippen molar-refractivity contribution in [2.75, 3.05) is 34.2 Å². The van der Waals surface area contributed by atoms with E-state index in [-0.39, 0.29) is 90.6 Å². The molecule has 16 nitrogen and oxygen atoms in total. The first-order valence-corrected chi connectivity index (χ1v) is 16.0. The van der Waals surface area contributed by atoms with Gasteiger partial charge in [0.25, 0.3) is 7.82 Å². The summed E-state index contributed by atoms with van der Waals surface area (Å²) in [4.78, 5) is 35.0. The van der Waals surface area contributed by atoms with Gasteiger partial charge in [0, 0.05) is 11.8 Å². The van der Waals surface area contributed by atoms with Crippen LogP contribution in [0.2, 0.25) is 0 Å². The molecule has 2 N–H and O–H groups in total. The Morgan fingerprint density at radius 1 is 0.958 bits per heavy atom. The van der Waals surface area contributed by atoms with E-state index in [4.69, 9.17) is 47.2 Å². The molecule has 19 heteroatoms. The van der Waals surface area contributed by atoms with Gasteiger partial charge >= 0.3 is 65.1 Å². The van der Waals surface area contributed by atoms with Gasteiger partial charge in [0.05, 0.1) is 39.5 Å². The Morgan fingerprint density at radius 3 is 2.23 bits per heavy atom. The molecule has 4 aliphatic heterocycles. The third-order valence-corrected chi connectivity index (χ3v) is 9.47. The van der Waals surface area contributed by atoms with E-state index in [1.165, 1.54) is 26.4 Å². The van der Waals surface area contributed by atoms with Gasteiger partial charge in [0.2, 0.25) is 6.79 Å². The predicted molar refractivity (Wildman–Crippen MR) is 145 cm³/mol. The number of aliphatic hydroxyl groups is 1. The molecular weight excluding hydrogens is 681 g/mol. The minimum atomic E-state index is -5.42. The quantitative estimate of drug-likeness (QED) is 0.156. The number of rotatable bonds is 7. The van der Waals surface area contributed by atoms with Crippen LogP contribution in [0.25, 0.3) is 0 Å². The monoisotopic (exact) mass is 712 g/mol. The number of phosphoric acid groups is 1. The third kappa shape index (κ3) is 6.88. The average Bonchev–Trinajstić information content (AvgIpc) is 3.64. The Bertz CT molecular complexity index is 1550. The van der Waals surface area contributed by atoms with Crippen molar-refractivity contribution in [1.82, 2.24) is 0 Å². The number of cyclic esters (lactones) is 1. The normalized spacial score (nSPS) is 34.2. The second-order valence-corrected chi connectivity index (χ2v) is 12.7. The molecule has 3 fully saturated rings. The molecule has 3 saturated heterocycles. The van der Waals surface area contributed by atoms with Crippen LogP contribution in [0.5, 0.6) is 28.7 Å². The van der Waals surface area contributed by atoms with E-state index in [9.17, 15) is 29.4 Å². The molecule has 1 unspecified atom stereocenters. The van der Waals surface area contributed by atoms with E-state index in [2.05, 4.69) is 0 Å². The van der Waals surface area contributed by atoms with Crippen molar-refractivity contribution in [3.63, 3.8) is 0 Å². The first-order valence-electron chi connectivity index (χ1n) is 14.5. The molecule has 4 heterocycles. The van der Waals surface area contributed by atoms with Crippen molar-refractivity contribution in [3.8, 4) is 28.7 Å². The maximum absolute atomic E-state index is 13.5. The van der Waals surface area contributed by atoms with Gasteiger partial charge in [-0.1, -0.05) is 0 Å². The molecule has 0 aromatic heterocycles. The fourth-order valence-corrected chi connectivity index (χ4v) is 7.51. The van der Waals surface area contributed by atoms with Gasteiger partial charge in [-0.25, -0.2) is 0 Å². The zero-order valence-corrected chi connectivity index (χ0v) is 31.7. The first-order chi connectivity index (χ1) is 22.0. The molecule has 0 spiro atoms. The maximum Gasteiger partial charge on any atom is 1.00 e. The molecule has 2 aromatic rings. The fraction of sp³-hybridized carbons (Fsp3) is 0.552. The second kappa shape index (κ2) is 14.8. The SMILES string of the molecule is COc1cc([C@@H]2c3cc4c(cc3[C@@H](O[C@@H]3O[C@@H]5CO[C@@H](C)O[C@H]5[C@H](O)[C@H]3OP(=O)([O-])O)[C@H]3COC(=O)[C@H]23)OCO4)cc(OC)c1[O-].[Na+].[Na+]. The summed E-state index contributed by atoms with van der Waals surface area (Å²) in [5.74, 6) is -2.48. The van der Waals surface area contributed by atoms with Crippen LogP contribution in [0.1, 0.15) is 35.6 Å². The molecule has 7 rings (SSSR count). The molecule has 2 aromatic carbocycles. The maximum atomic E-state index is 13.5. The van der Waals surface area contributed by atoms with E-state index in [0.29, 0.717) is 28.2 Å². The van der Waals surface area contributed by atoms with Crippen LogP contribution < -0.4 is 88.1 Å². The fourth-order valence-electron chi connectivity index (χ4n) is 6.97. The summed E-state index contributed by atoms with van der Waals surface area (Å²) in [6, 6.07) is 6.46. The van der Waals surface area contributed by atoms with E-state index in [0.717, 1.165) is 0 Å². The number of carbonyl (C=O) groups is 1. The van der Waals surface area contributed by atoms with Crippen LogP contribution in [-0.4, -0.2) is 87.2 Å². The Morgan fingerprint density at radius 2 is 1.60 bits per heavy atom. The van der Waals surface area contributed by atoms with Crippen LogP contribution in [0.3, 0.4) is 0 Å². The number of benzene rings is 2. The van der Waals surface area contributed by atoms with E-state index in [1.807, 2.05) is 0 Å². The minimum absolute atomic E-state index is 0. The van der Waals surface area contributed by atoms with Gasteiger partial charge in [0.15, 0.2) is 24.1 Å². The number of hydrogen-bond acceptors (Lipinski definition) is 15. The molecule has 48 heavy (non-hydrogen) atoms. The third-order valence-electron chi connectivity index (χ3n) is 8.96. The number of ether oxygens (including phenoxy) is 9. The standard InChI is InChI=1S/C29H33O16P.2Na/c1-11-38-9-20-26(42-11)24(31)27(45-46(33,34)35)29(43-20)44-25-14-7-17-16(40-10-41-17)6-13(14)21(22-15(25)8-39-28(22)32)12-4-18(36-2)23(30)19(5-12)37-3;;/h4-7,11,15,20-22,24-27,29-31H,8-10H2,1-3H3,(H2,33,34,35);;/q;2*+1/p-2/t11-,15+,20-,21-,22+,24+,25-,26-,27-,29+;;/m1../s1. The number of carbonyl (C=O) groups excluding carboxylic acids is 1. The van der Waals surface area contributed by atoms with E-state index < -0.39 is 80.4 Å². The predicted octanol–water partition coefficient (Wildman–Crippen LogP) is -5.80. The molecule has 250 valence electrons. The van der Waals surface area contributed by atoms with Crippen molar-refractivity contribution in [1.29, 1.82) is 0 Å². The van der Waals surface area contributed by atoms with Crippen molar-refractivity contribution in [3.05, 3.63) is 41.0 Å². The van der Waals surface area contributed by atoms with Gasteiger partial charge in [-0.3, -0.25) is 9.36 Å². The molecule has 0 bridgehead atoms. The van der Waals surface area contributed by atoms with Gasteiger partial charge in [-0.2, -0.15) is 0 Å². The summed E-state index contributed by atoms with van der Waals surface area (Å²) >= 11 is 0. The Kier molecular flexibility index (Phi) is 11.7. The van der Waals surface area contributed by atoms with Crippen LogP contribution in [-0.2, 0) is 37.6 Å². The topological polar surface area (TPSA) is 213 Å². The van der Waals surface area contributed by atoms with E-state index in [1.54, 1.807) is 19.1 Å². The van der Waals surface area contributed by atoms with Gasteiger partial charge in [0.1, 0.15) is 35.9 Å². The smallest absolute Gasteiger partial charge is 0.867 e. The number of fused-ring (bicyclic) bond motifs is 4. The molecule has 1 aliphatic carbocycles. The van der Waals surface area contributed by atoms with Crippen molar-refractivity contribution in [2.24, 2.45) is 11.8 Å². The molecular formula is C29H31Na2O16P. The minimum Gasteiger partial charge on any atom is -0.867 e. The number of hydrogen-bond donors (Lipinski definition) is 2. The largest absolute Gasteiger partial charge is 1.00 e. The summed E-state index contributed by atoms with van der Waals surface area (Å²) in [5, 5.41) is 24.0. The zero-order valence-electron chi connectivity index (χ0n) is 26.8. The van der Waals surface area contributed by atoms with Crippen molar-refractivity contribution >= 4 is 13.8 Å². The zero-order chi connectivity index (χ0) is 32.5. The van der Waals surface area contributed by atoms with Crippen molar-refractivity contribution in [2.45, 2.75) is 55.9 Å². The number of phosphoric ester groups is 1. The summed E-state index contributed by atoms with van der Waals surface area (Å²) < 4.78 is 68.0. The van der Waals surface area contributed by atoms with Crippen LogP contribution in [0, 0.1) is 11.8 Å². The summed E-state index contributed by atoms with van der Waals surface area (Å²) in [6.45, 7) is 1.43. The molecule has 5 aliphatic rings. The van der Waals surface area contributed by atoms with Crippen LogP contribution in [0.4, 0.5) is 0 Å². The number of aliphatic hydroxyl groups excluding tert-OH is 1. The summed E-state index contributed by atoms with van der Waals surface area (Å²) in [7, 11) is -2.73. The second-order valence-electron chi connectivity index (χ2n) is 11.5. The number of esters is 1. The van der Waals surface area contributed by atoms with Crippen LogP contribution in [0.15, 0.2) is 24.3 Å². The Balaban J connectivity index is 0.00000225. The average molecular weight is 713 g/mol. The van der Waals surface area contributed by atoms with Crippen LogP contribution >= 0.6 is 7.82 Å². The molecule has 0 radical (unpaired) electrons. The van der Waals surface area contributed by atoms with Gasteiger partial charge in [-0.15, -0.1) is 0 Å². The molecule has 0 saturated carbocycles.